The Hall–Kier alpha value is -1.03. The molecule has 0 spiro atoms. The van der Waals surface area contributed by atoms with Gasteiger partial charge in [0.2, 0.25) is 0 Å². The molecule has 1 N–H and O–H groups in total. The molecule has 1 aromatic heterocycles. The lowest BCUT2D eigenvalue weighted by molar-refractivity contribution is 0.270. The summed E-state index contributed by atoms with van der Waals surface area (Å²) < 4.78 is 2.24. The van der Waals surface area contributed by atoms with Gasteiger partial charge in [0.05, 0.1) is 6.61 Å². The predicted molar refractivity (Wildman–Crippen MR) is 74.1 cm³/mol. The Morgan fingerprint density at radius 3 is 3.00 bits per heavy atom. The van der Waals surface area contributed by atoms with Gasteiger partial charge < -0.3 is 14.6 Å². The van der Waals surface area contributed by atoms with Gasteiger partial charge in [-0.3, -0.25) is 0 Å². The third-order valence-corrected chi connectivity index (χ3v) is 3.97. The van der Waals surface area contributed by atoms with Gasteiger partial charge in [-0.25, -0.2) is 0 Å². The molecule has 0 saturated carbocycles. The van der Waals surface area contributed by atoms with E-state index in [2.05, 4.69) is 22.6 Å². The number of aromatic nitrogens is 1. The first-order chi connectivity index (χ1) is 8.70. The number of rotatable bonds is 2. The Labute approximate surface area is 112 Å². The van der Waals surface area contributed by atoms with Crippen LogP contribution in [0, 0.1) is 0 Å². The molecule has 1 aliphatic heterocycles. The van der Waals surface area contributed by atoms with E-state index in [-0.39, 0.29) is 6.61 Å². The summed E-state index contributed by atoms with van der Waals surface area (Å²) in [4.78, 5) is 2.33. The molecule has 3 nitrogen and oxygen atoms in total. The predicted octanol–water partition coefficient (Wildman–Crippen LogP) is 2.27. The first-order valence-electron chi connectivity index (χ1n) is 6.29. The summed E-state index contributed by atoms with van der Waals surface area (Å²) in [5.41, 5.74) is 3.92. The fourth-order valence-corrected chi connectivity index (χ4v) is 3.08. The van der Waals surface area contributed by atoms with Crippen LogP contribution < -0.4 is 0 Å². The molecule has 1 aromatic carbocycles. The molecule has 0 saturated heterocycles. The van der Waals surface area contributed by atoms with E-state index in [1.165, 1.54) is 22.2 Å². The minimum absolute atomic E-state index is 0.175. The summed E-state index contributed by atoms with van der Waals surface area (Å²) in [5, 5.41) is 11.3. The molecule has 0 unspecified atom stereocenters. The highest BCUT2D eigenvalue weighted by molar-refractivity contribution is 6.31. The monoisotopic (exact) mass is 264 g/mol. The normalized spacial score (nSPS) is 16.2. The van der Waals surface area contributed by atoms with E-state index in [9.17, 15) is 5.11 Å². The third kappa shape index (κ3) is 1.83. The molecule has 2 aromatic rings. The number of likely N-dealkylation sites (N-methyl/N-ethyl adjacent to an activating group) is 1. The molecule has 0 radical (unpaired) electrons. The topological polar surface area (TPSA) is 28.4 Å². The summed E-state index contributed by atoms with van der Waals surface area (Å²) in [5.74, 6) is 0. The van der Waals surface area contributed by atoms with Gasteiger partial charge in [0.15, 0.2) is 0 Å². The van der Waals surface area contributed by atoms with E-state index in [1.54, 1.807) is 0 Å². The largest absolute Gasteiger partial charge is 0.395 e. The van der Waals surface area contributed by atoms with Gasteiger partial charge in [-0.15, -0.1) is 0 Å². The Morgan fingerprint density at radius 1 is 1.39 bits per heavy atom. The van der Waals surface area contributed by atoms with Crippen LogP contribution in [0.25, 0.3) is 10.9 Å². The average molecular weight is 265 g/mol. The van der Waals surface area contributed by atoms with Crippen molar-refractivity contribution in [3.8, 4) is 0 Å². The van der Waals surface area contributed by atoms with Crippen molar-refractivity contribution in [3.63, 3.8) is 0 Å². The molecule has 4 heteroatoms. The molecule has 96 valence electrons. The molecule has 3 rings (SSSR count). The molecular formula is C14H17ClN2O. The highest BCUT2D eigenvalue weighted by Crippen LogP contribution is 2.32. The average Bonchev–Trinajstić information content (AvgIpc) is 2.64. The molecule has 0 bridgehead atoms. The molecular weight excluding hydrogens is 248 g/mol. The minimum Gasteiger partial charge on any atom is -0.395 e. The number of aliphatic hydroxyl groups is 1. The first kappa shape index (κ1) is 12.0. The number of nitrogens with zero attached hydrogens (tertiary/aromatic N) is 2. The van der Waals surface area contributed by atoms with E-state index in [1.807, 2.05) is 12.1 Å². The van der Waals surface area contributed by atoms with Crippen molar-refractivity contribution in [3.05, 3.63) is 34.5 Å². The molecule has 0 atom stereocenters. The second-order valence-electron chi connectivity index (χ2n) is 4.95. The summed E-state index contributed by atoms with van der Waals surface area (Å²) in [6.07, 6.45) is 1.04. The highest BCUT2D eigenvalue weighted by atomic mass is 35.5. The van der Waals surface area contributed by atoms with Crippen molar-refractivity contribution in [1.29, 1.82) is 0 Å². The van der Waals surface area contributed by atoms with Crippen LogP contribution in [0.1, 0.15) is 11.3 Å². The van der Waals surface area contributed by atoms with Crippen molar-refractivity contribution < 1.29 is 5.11 Å². The van der Waals surface area contributed by atoms with Gasteiger partial charge in [-0.05, 0) is 30.8 Å². The van der Waals surface area contributed by atoms with E-state index in [0.717, 1.165) is 24.5 Å². The Morgan fingerprint density at radius 2 is 2.22 bits per heavy atom. The van der Waals surface area contributed by atoms with E-state index < -0.39 is 0 Å². The van der Waals surface area contributed by atoms with Crippen LogP contribution in [0.4, 0.5) is 0 Å². The number of hydrogen-bond acceptors (Lipinski definition) is 2. The van der Waals surface area contributed by atoms with Gasteiger partial charge in [-0.2, -0.15) is 0 Å². The lowest BCUT2D eigenvalue weighted by Gasteiger charge is -2.24. The SMILES string of the molecule is CN1CCc2c(c3cc(Cl)ccc3n2CCO)C1. The van der Waals surface area contributed by atoms with Crippen LogP contribution in [0.5, 0.6) is 0 Å². The zero-order chi connectivity index (χ0) is 12.7. The van der Waals surface area contributed by atoms with Gasteiger partial charge in [0.25, 0.3) is 0 Å². The van der Waals surface area contributed by atoms with Crippen LogP contribution in [0.2, 0.25) is 5.02 Å². The van der Waals surface area contributed by atoms with Gasteiger partial charge in [-0.1, -0.05) is 11.6 Å². The molecule has 2 heterocycles. The fourth-order valence-electron chi connectivity index (χ4n) is 2.91. The first-order valence-corrected chi connectivity index (χ1v) is 6.67. The number of aliphatic hydroxyl groups excluding tert-OH is 1. The summed E-state index contributed by atoms with van der Waals surface area (Å²) >= 11 is 6.11. The third-order valence-electron chi connectivity index (χ3n) is 3.73. The molecule has 0 fully saturated rings. The van der Waals surface area contributed by atoms with E-state index >= 15 is 0 Å². The van der Waals surface area contributed by atoms with E-state index in [0.29, 0.717) is 6.54 Å². The molecule has 1 aliphatic rings. The van der Waals surface area contributed by atoms with Crippen molar-refractivity contribution >= 4 is 22.5 Å². The highest BCUT2D eigenvalue weighted by Gasteiger charge is 2.21. The van der Waals surface area contributed by atoms with Crippen molar-refractivity contribution in [1.82, 2.24) is 9.47 Å². The fraction of sp³-hybridized carbons (Fsp3) is 0.429. The van der Waals surface area contributed by atoms with Gasteiger partial charge in [0.1, 0.15) is 0 Å². The summed E-state index contributed by atoms with van der Waals surface area (Å²) in [6.45, 7) is 2.87. The maximum atomic E-state index is 9.25. The Kier molecular flexibility index (Phi) is 3.06. The smallest absolute Gasteiger partial charge is 0.0610 e. The second-order valence-corrected chi connectivity index (χ2v) is 5.39. The number of benzene rings is 1. The summed E-state index contributed by atoms with van der Waals surface area (Å²) in [7, 11) is 2.14. The van der Waals surface area contributed by atoms with Gasteiger partial charge >= 0.3 is 0 Å². The van der Waals surface area contributed by atoms with E-state index in [4.69, 9.17) is 11.6 Å². The number of hydrogen-bond donors (Lipinski definition) is 1. The van der Waals surface area contributed by atoms with Crippen LogP contribution >= 0.6 is 11.6 Å². The standard InChI is InChI=1S/C14H17ClN2O/c1-16-5-4-14-12(9-16)11-8-10(15)2-3-13(11)17(14)6-7-18/h2-3,8,18H,4-7,9H2,1H3. The summed E-state index contributed by atoms with van der Waals surface area (Å²) in [6, 6.07) is 6.03. The maximum absolute atomic E-state index is 9.25. The molecule has 0 aliphatic carbocycles. The van der Waals surface area contributed by atoms with Crippen LogP contribution in [-0.4, -0.2) is 34.8 Å². The molecule has 18 heavy (non-hydrogen) atoms. The van der Waals surface area contributed by atoms with Crippen molar-refractivity contribution in [2.24, 2.45) is 0 Å². The Bertz CT molecular complexity index is 591. The van der Waals surface area contributed by atoms with Gasteiger partial charge in [0, 0.05) is 47.7 Å². The van der Waals surface area contributed by atoms with Crippen LogP contribution in [0.15, 0.2) is 18.2 Å². The lowest BCUT2D eigenvalue weighted by Crippen LogP contribution is -2.27. The zero-order valence-corrected chi connectivity index (χ0v) is 11.2. The maximum Gasteiger partial charge on any atom is 0.0610 e. The number of halogens is 1. The van der Waals surface area contributed by atoms with Crippen molar-refractivity contribution in [2.75, 3.05) is 20.2 Å². The Balaban J connectivity index is 2.26. The lowest BCUT2D eigenvalue weighted by atomic mass is 10.1. The second kappa shape index (κ2) is 4.57. The number of fused-ring (bicyclic) bond motifs is 3. The van der Waals surface area contributed by atoms with Crippen LogP contribution in [-0.2, 0) is 19.5 Å². The quantitative estimate of drug-likeness (QED) is 0.901. The van der Waals surface area contributed by atoms with Crippen molar-refractivity contribution in [2.45, 2.75) is 19.5 Å². The molecule has 0 amide bonds. The zero-order valence-electron chi connectivity index (χ0n) is 10.5. The van der Waals surface area contributed by atoms with Crippen LogP contribution in [0.3, 0.4) is 0 Å². The minimum atomic E-state index is 0.175.